The van der Waals surface area contributed by atoms with Gasteiger partial charge in [0.2, 0.25) is 5.91 Å². The topological polar surface area (TPSA) is 77.2 Å². The van der Waals surface area contributed by atoms with Gasteiger partial charge >= 0.3 is 0 Å². The van der Waals surface area contributed by atoms with Crippen LogP contribution in [0.25, 0.3) is 0 Å². The third-order valence-corrected chi connectivity index (χ3v) is 2.81. The molecule has 0 aliphatic rings. The van der Waals surface area contributed by atoms with Gasteiger partial charge in [-0.3, -0.25) is 4.79 Å². The Morgan fingerprint density at radius 1 is 1.45 bits per heavy atom. The molecule has 2 N–H and O–H groups in total. The van der Waals surface area contributed by atoms with Crippen LogP contribution in [0.1, 0.15) is 19.8 Å². The molecule has 0 atom stereocenters. The van der Waals surface area contributed by atoms with Crippen molar-refractivity contribution in [2.24, 2.45) is 5.73 Å². The van der Waals surface area contributed by atoms with Gasteiger partial charge < -0.3 is 5.73 Å². The molecular weight excluding hydrogens is 166 g/mol. The van der Waals surface area contributed by atoms with Gasteiger partial charge in [0.05, 0.1) is 5.75 Å². The Morgan fingerprint density at radius 3 is 2.36 bits per heavy atom. The Morgan fingerprint density at radius 2 is 2.00 bits per heavy atom. The third-order valence-electron chi connectivity index (χ3n) is 1.17. The predicted molar refractivity (Wildman–Crippen MR) is 42.8 cm³/mol. The van der Waals surface area contributed by atoms with Crippen molar-refractivity contribution >= 4 is 15.7 Å². The maximum absolute atomic E-state index is 10.9. The molecule has 0 rings (SSSR count). The molecule has 1 amide bonds. The average molecular weight is 179 g/mol. The lowest BCUT2D eigenvalue weighted by atomic mass is 10.4. The molecule has 0 aliphatic carbocycles. The lowest BCUT2D eigenvalue weighted by Gasteiger charge is -1.98. The van der Waals surface area contributed by atoms with Crippen molar-refractivity contribution in [2.45, 2.75) is 19.8 Å². The zero-order valence-corrected chi connectivity index (χ0v) is 7.36. The smallest absolute Gasteiger partial charge is 0.232 e. The molecule has 66 valence electrons. The zero-order chi connectivity index (χ0) is 8.91. The Bertz CT molecular complexity index is 220. The summed E-state index contributed by atoms with van der Waals surface area (Å²) in [5.74, 6) is -1.24. The summed E-state index contributed by atoms with van der Waals surface area (Å²) < 4.78 is 21.8. The number of nitrogens with two attached hydrogens (primary N) is 1. The minimum atomic E-state index is -3.22. The Labute approximate surface area is 66.7 Å². The summed E-state index contributed by atoms with van der Waals surface area (Å²) in [5.41, 5.74) is 4.73. The van der Waals surface area contributed by atoms with E-state index in [1.54, 1.807) is 0 Å². The Hall–Kier alpha value is -0.580. The van der Waals surface area contributed by atoms with E-state index in [0.717, 1.165) is 6.42 Å². The molecule has 0 aromatic heterocycles. The number of carbonyl (C=O) groups is 1. The number of rotatable bonds is 5. The second-order valence-electron chi connectivity index (χ2n) is 2.41. The van der Waals surface area contributed by atoms with Crippen LogP contribution in [0.15, 0.2) is 0 Å². The Kier molecular flexibility index (Phi) is 4.10. The number of amides is 1. The van der Waals surface area contributed by atoms with E-state index in [4.69, 9.17) is 5.73 Å². The molecule has 0 saturated heterocycles. The van der Waals surface area contributed by atoms with E-state index in [1.807, 2.05) is 6.92 Å². The first kappa shape index (κ1) is 10.4. The van der Waals surface area contributed by atoms with E-state index >= 15 is 0 Å². The van der Waals surface area contributed by atoms with Crippen molar-refractivity contribution in [1.29, 1.82) is 0 Å². The second-order valence-corrected chi connectivity index (χ2v) is 4.60. The fraction of sp³-hybridized carbons (Fsp3) is 0.833. The molecule has 0 radical (unpaired) electrons. The largest absolute Gasteiger partial charge is 0.369 e. The number of primary amides is 1. The van der Waals surface area contributed by atoms with Gasteiger partial charge in [-0.2, -0.15) is 0 Å². The molecule has 0 aromatic rings. The van der Waals surface area contributed by atoms with Gasteiger partial charge in [0.25, 0.3) is 0 Å². The zero-order valence-electron chi connectivity index (χ0n) is 6.54. The fourth-order valence-electron chi connectivity index (χ4n) is 0.653. The van der Waals surface area contributed by atoms with Gasteiger partial charge in [0.1, 0.15) is 5.75 Å². The first-order valence-electron chi connectivity index (χ1n) is 3.46. The van der Waals surface area contributed by atoms with Gasteiger partial charge in [0.15, 0.2) is 9.84 Å². The maximum Gasteiger partial charge on any atom is 0.232 e. The van der Waals surface area contributed by atoms with E-state index in [0.29, 0.717) is 6.42 Å². The van der Waals surface area contributed by atoms with Gasteiger partial charge in [-0.15, -0.1) is 0 Å². The summed E-state index contributed by atoms with van der Waals surface area (Å²) in [6.45, 7) is 1.89. The van der Waals surface area contributed by atoms with Crippen LogP contribution in [0, 0.1) is 0 Å². The lowest BCUT2D eigenvalue weighted by molar-refractivity contribution is -0.115. The first-order chi connectivity index (χ1) is 4.98. The molecule has 0 aromatic carbocycles. The number of hydrogen-bond donors (Lipinski definition) is 1. The maximum atomic E-state index is 10.9. The van der Waals surface area contributed by atoms with Crippen molar-refractivity contribution < 1.29 is 13.2 Å². The van der Waals surface area contributed by atoms with Gasteiger partial charge in [-0.25, -0.2) is 8.42 Å². The third kappa shape index (κ3) is 5.84. The van der Waals surface area contributed by atoms with Crippen molar-refractivity contribution in [3.8, 4) is 0 Å². The summed E-state index contributed by atoms with van der Waals surface area (Å²) in [6, 6.07) is 0. The quantitative estimate of drug-likeness (QED) is 0.628. The molecule has 0 fully saturated rings. The van der Waals surface area contributed by atoms with Crippen molar-refractivity contribution in [3.05, 3.63) is 0 Å². The van der Waals surface area contributed by atoms with E-state index in [1.165, 1.54) is 0 Å². The van der Waals surface area contributed by atoms with Crippen molar-refractivity contribution in [2.75, 3.05) is 11.5 Å². The summed E-state index contributed by atoms with van der Waals surface area (Å²) in [5, 5.41) is 0. The van der Waals surface area contributed by atoms with Crippen LogP contribution in [0.2, 0.25) is 0 Å². The lowest BCUT2D eigenvalue weighted by Crippen LogP contribution is -2.24. The molecule has 0 heterocycles. The van der Waals surface area contributed by atoms with Crippen LogP contribution in [-0.4, -0.2) is 25.8 Å². The predicted octanol–water partition coefficient (Wildman–Crippen LogP) is -0.313. The van der Waals surface area contributed by atoms with Crippen LogP contribution in [0.4, 0.5) is 0 Å². The number of carbonyl (C=O) groups excluding carboxylic acids is 1. The first-order valence-corrected chi connectivity index (χ1v) is 5.29. The normalized spacial score (nSPS) is 11.4. The minimum absolute atomic E-state index is 0.0619. The molecule has 0 unspecified atom stereocenters. The number of hydrogen-bond acceptors (Lipinski definition) is 3. The summed E-state index contributed by atoms with van der Waals surface area (Å²) >= 11 is 0. The monoisotopic (exact) mass is 179 g/mol. The minimum Gasteiger partial charge on any atom is -0.369 e. The van der Waals surface area contributed by atoms with E-state index in [-0.39, 0.29) is 5.75 Å². The number of sulfone groups is 1. The van der Waals surface area contributed by atoms with Crippen molar-refractivity contribution in [3.63, 3.8) is 0 Å². The van der Waals surface area contributed by atoms with Gasteiger partial charge in [0, 0.05) is 0 Å². The van der Waals surface area contributed by atoms with Crippen LogP contribution >= 0.6 is 0 Å². The summed E-state index contributed by atoms with van der Waals surface area (Å²) in [7, 11) is -3.22. The average Bonchev–Trinajstić information content (AvgIpc) is 1.81. The SMILES string of the molecule is CCCCS(=O)(=O)CC(N)=O. The van der Waals surface area contributed by atoms with Crippen LogP contribution in [0.3, 0.4) is 0 Å². The van der Waals surface area contributed by atoms with Crippen LogP contribution in [-0.2, 0) is 14.6 Å². The molecule has 4 nitrogen and oxygen atoms in total. The molecule has 0 bridgehead atoms. The van der Waals surface area contributed by atoms with Gasteiger partial charge in [-0.05, 0) is 6.42 Å². The molecule has 5 heteroatoms. The van der Waals surface area contributed by atoms with Gasteiger partial charge in [-0.1, -0.05) is 13.3 Å². The van der Waals surface area contributed by atoms with E-state index in [2.05, 4.69) is 0 Å². The highest BCUT2D eigenvalue weighted by atomic mass is 32.2. The standard InChI is InChI=1S/C6H13NO3S/c1-2-3-4-11(9,10)5-6(7)8/h2-5H2,1H3,(H2,7,8). The molecular formula is C6H13NO3S. The molecule has 0 aliphatic heterocycles. The Balaban J connectivity index is 3.92. The number of unbranched alkanes of at least 4 members (excludes halogenated alkanes) is 1. The highest BCUT2D eigenvalue weighted by molar-refractivity contribution is 7.92. The van der Waals surface area contributed by atoms with E-state index in [9.17, 15) is 13.2 Å². The summed E-state index contributed by atoms with van der Waals surface area (Å²) in [6.07, 6.45) is 1.40. The van der Waals surface area contributed by atoms with Crippen molar-refractivity contribution in [1.82, 2.24) is 0 Å². The highest BCUT2D eigenvalue weighted by Gasteiger charge is 2.12. The van der Waals surface area contributed by atoms with E-state index < -0.39 is 21.5 Å². The second kappa shape index (κ2) is 4.33. The van der Waals surface area contributed by atoms with Crippen LogP contribution in [0.5, 0.6) is 0 Å². The fourth-order valence-corrected chi connectivity index (χ4v) is 1.96. The summed E-state index contributed by atoms with van der Waals surface area (Å²) in [4.78, 5) is 10.2. The van der Waals surface area contributed by atoms with Crippen LogP contribution < -0.4 is 5.73 Å². The molecule has 0 spiro atoms. The molecule has 0 saturated carbocycles. The highest BCUT2D eigenvalue weighted by Crippen LogP contribution is 1.95. The molecule has 11 heavy (non-hydrogen) atoms.